The lowest BCUT2D eigenvalue weighted by atomic mass is 10.0. The van der Waals surface area contributed by atoms with Crippen LogP contribution in [0.1, 0.15) is 16.5 Å². The van der Waals surface area contributed by atoms with Crippen molar-refractivity contribution < 1.29 is 4.39 Å². The summed E-state index contributed by atoms with van der Waals surface area (Å²) in [7, 11) is 1.95. The first-order valence-electron chi connectivity index (χ1n) is 6.26. The molecule has 5 heteroatoms. The highest BCUT2D eigenvalue weighted by molar-refractivity contribution is 9.10. The Morgan fingerprint density at radius 3 is 2.90 bits per heavy atom. The molecule has 0 aliphatic rings. The first kappa shape index (κ1) is 14.2. The van der Waals surface area contributed by atoms with E-state index in [0.29, 0.717) is 4.47 Å². The van der Waals surface area contributed by atoms with E-state index in [0.717, 1.165) is 12.0 Å². The van der Waals surface area contributed by atoms with Crippen LogP contribution in [0.3, 0.4) is 0 Å². The number of fused-ring (bicyclic) bond motifs is 1. The van der Waals surface area contributed by atoms with Gasteiger partial charge in [-0.25, -0.2) is 4.39 Å². The fourth-order valence-corrected chi connectivity index (χ4v) is 4.88. The van der Waals surface area contributed by atoms with E-state index in [2.05, 4.69) is 38.8 Å². The highest BCUT2D eigenvalue weighted by atomic mass is 79.9. The van der Waals surface area contributed by atoms with Crippen LogP contribution in [0, 0.1) is 5.82 Å². The lowest BCUT2D eigenvalue weighted by molar-refractivity contribution is 0.587. The van der Waals surface area contributed by atoms with Crippen LogP contribution in [-0.2, 0) is 6.42 Å². The summed E-state index contributed by atoms with van der Waals surface area (Å²) in [5, 5.41) is 5.45. The molecule has 1 N–H and O–H groups in total. The molecular weight excluding hydrogens is 357 g/mol. The van der Waals surface area contributed by atoms with Crippen molar-refractivity contribution in [1.29, 1.82) is 0 Å². The van der Waals surface area contributed by atoms with Crippen LogP contribution in [0.25, 0.3) is 9.40 Å². The topological polar surface area (TPSA) is 12.0 Å². The number of thiophene rings is 2. The molecule has 0 amide bonds. The maximum absolute atomic E-state index is 13.6. The molecule has 0 aliphatic heterocycles. The number of halogens is 2. The molecule has 104 valence electrons. The van der Waals surface area contributed by atoms with Gasteiger partial charge in [-0.05, 0) is 58.5 Å². The molecule has 3 rings (SSSR count). The maximum atomic E-state index is 13.6. The minimum atomic E-state index is -0.204. The maximum Gasteiger partial charge on any atom is 0.137 e. The predicted octanol–water partition coefficient (Wildman–Crippen LogP) is 5.37. The van der Waals surface area contributed by atoms with Crippen LogP contribution in [0.5, 0.6) is 0 Å². The van der Waals surface area contributed by atoms with Crippen LogP contribution >= 0.6 is 38.6 Å². The quantitative estimate of drug-likeness (QED) is 0.651. The van der Waals surface area contributed by atoms with Gasteiger partial charge in [-0.2, -0.15) is 0 Å². The largest absolute Gasteiger partial charge is 0.312 e. The monoisotopic (exact) mass is 369 g/mol. The summed E-state index contributed by atoms with van der Waals surface area (Å²) in [6.07, 6.45) is 0.766. The van der Waals surface area contributed by atoms with Crippen LogP contribution in [0.2, 0.25) is 0 Å². The minimum Gasteiger partial charge on any atom is -0.312 e. The summed E-state index contributed by atoms with van der Waals surface area (Å²) in [4.78, 5) is 1.30. The molecule has 2 aromatic heterocycles. The van der Waals surface area contributed by atoms with Gasteiger partial charge in [0.05, 0.1) is 4.47 Å². The smallest absolute Gasteiger partial charge is 0.137 e. The Bertz CT molecular complexity index is 706. The van der Waals surface area contributed by atoms with E-state index in [1.165, 1.54) is 20.3 Å². The number of benzene rings is 1. The second-order valence-electron chi connectivity index (χ2n) is 4.56. The average Bonchev–Trinajstić information content (AvgIpc) is 3.01. The molecule has 1 aromatic carbocycles. The second kappa shape index (κ2) is 5.93. The van der Waals surface area contributed by atoms with Gasteiger partial charge < -0.3 is 5.32 Å². The second-order valence-corrected chi connectivity index (χ2v) is 7.41. The van der Waals surface area contributed by atoms with E-state index < -0.39 is 0 Å². The van der Waals surface area contributed by atoms with Gasteiger partial charge in [-0.3, -0.25) is 0 Å². The Morgan fingerprint density at radius 1 is 1.30 bits per heavy atom. The van der Waals surface area contributed by atoms with Gasteiger partial charge in [-0.1, -0.05) is 12.1 Å². The van der Waals surface area contributed by atoms with Gasteiger partial charge in [0.2, 0.25) is 0 Å². The first-order chi connectivity index (χ1) is 9.69. The Hall–Kier alpha value is -0.750. The summed E-state index contributed by atoms with van der Waals surface area (Å²) in [5.74, 6) is -0.204. The lowest BCUT2D eigenvalue weighted by Crippen LogP contribution is -2.18. The number of hydrogen-bond donors (Lipinski definition) is 1. The molecule has 20 heavy (non-hydrogen) atoms. The third kappa shape index (κ3) is 2.68. The van der Waals surface area contributed by atoms with Crippen molar-refractivity contribution in [2.75, 3.05) is 7.05 Å². The molecule has 0 spiro atoms. The van der Waals surface area contributed by atoms with Crippen LogP contribution in [0.4, 0.5) is 4.39 Å². The van der Waals surface area contributed by atoms with E-state index in [9.17, 15) is 4.39 Å². The highest BCUT2D eigenvalue weighted by Crippen LogP contribution is 2.35. The zero-order valence-electron chi connectivity index (χ0n) is 10.8. The summed E-state index contributed by atoms with van der Waals surface area (Å²) >= 11 is 6.91. The van der Waals surface area contributed by atoms with Gasteiger partial charge in [0.25, 0.3) is 0 Å². The van der Waals surface area contributed by atoms with Crippen molar-refractivity contribution in [1.82, 2.24) is 5.32 Å². The van der Waals surface area contributed by atoms with Crippen LogP contribution < -0.4 is 5.32 Å². The summed E-state index contributed by atoms with van der Waals surface area (Å²) in [6.45, 7) is 0. The fraction of sp³-hybridized carbons (Fsp3) is 0.200. The van der Waals surface area contributed by atoms with Crippen LogP contribution in [0.15, 0.2) is 40.2 Å². The number of hydrogen-bond acceptors (Lipinski definition) is 3. The molecule has 2 heterocycles. The fourth-order valence-electron chi connectivity index (χ4n) is 2.23. The molecule has 0 aliphatic carbocycles. The van der Waals surface area contributed by atoms with Gasteiger partial charge in [0, 0.05) is 20.3 Å². The Kier molecular flexibility index (Phi) is 4.21. The standard InChI is InChI=1S/C15H13BrFNS2/c1-18-11(7-9-3-2-4-10(17)15(9)16)13-8-14-12(20-13)5-6-19-14/h2-6,8,11,18H,7H2,1H3. The van der Waals surface area contributed by atoms with Gasteiger partial charge in [0.15, 0.2) is 0 Å². The van der Waals surface area contributed by atoms with E-state index in [1.54, 1.807) is 28.7 Å². The molecule has 0 saturated heterocycles. The molecular formula is C15H13BrFNS2. The third-order valence-corrected chi connectivity index (χ3v) is 6.40. The first-order valence-corrected chi connectivity index (χ1v) is 8.75. The highest BCUT2D eigenvalue weighted by Gasteiger charge is 2.16. The van der Waals surface area contributed by atoms with Crippen molar-refractivity contribution >= 4 is 48.0 Å². The molecule has 0 bridgehead atoms. The summed E-state index contributed by atoms with van der Waals surface area (Å²) in [5.41, 5.74) is 0.987. The Labute approximate surface area is 133 Å². The van der Waals surface area contributed by atoms with E-state index >= 15 is 0 Å². The Morgan fingerprint density at radius 2 is 2.15 bits per heavy atom. The molecule has 0 fully saturated rings. The Balaban J connectivity index is 1.90. The number of rotatable bonds is 4. The zero-order valence-corrected chi connectivity index (χ0v) is 14.0. The van der Waals surface area contributed by atoms with Gasteiger partial charge >= 0.3 is 0 Å². The van der Waals surface area contributed by atoms with Crippen molar-refractivity contribution in [3.8, 4) is 0 Å². The average molecular weight is 370 g/mol. The van der Waals surface area contributed by atoms with Crippen molar-refractivity contribution in [2.45, 2.75) is 12.5 Å². The van der Waals surface area contributed by atoms with E-state index in [4.69, 9.17) is 0 Å². The van der Waals surface area contributed by atoms with E-state index in [-0.39, 0.29) is 11.9 Å². The molecule has 1 nitrogen and oxygen atoms in total. The van der Waals surface area contributed by atoms with Gasteiger partial charge in [-0.15, -0.1) is 22.7 Å². The van der Waals surface area contributed by atoms with Crippen molar-refractivity contribution in [3.63, 3.8) is 0 Å². The predicted molar refractivity (Wildman–Crippen MR) is 89.3 cm³/mol. The van der Waals surface area contributed by atoms with Crippen molar-refractivity contribution in [2.24, 2.45) is 0 Å². The zero-order chi connectivity index (χ0) is 14.1. The summed E-state index contributed by atoms with van der Waals surface area (Å²) < 4.78 is 16.8. The lowest BCUT2D eigenvalue weighted by Gasteiger charge is -2.15. The summed E-state index contributed by atoms with van der Waals surface area (Å²) in [6, 6.07) is 9.79. The minimum absolute atomic E-state index is 0.204. The molecule has 3 aromatic rings. The normalized spacial score (nSPS) is 12.9. The van der Waals surface area contributed by atoms with Crippen LogP contribution in [-0.4, -0.2) is 7.05 Å². The number of nitrogens with one attached hydrogen (secondary N) is 1. The number of likely N-dealkylation sites (N-methyl/N-ethyl adjacent to an activating group) is 1. The molecule has 0 radical (unpaired) electrons. The van der Waals surface area contributed by atoms with E-state index in [1.807, 2.05) is 13.1 Å². The van der Waals surface area contributed by atoms with Crippen molar-refractivity contribution in [3.05, 3.63) is 56.4 Å². The van der Waals surface area contributed by atoms with Gasteiger partial charge in [0.1, 0.15) is 5.82 Å². The molecule has 0 saturated carbocycles. The molecule has 1 atom stereocenters. The third-order valence-electron chi connectivity index (χ3n) is 3.31. The molecule has 1 unspecified atom stereocenters. The SMILES string of the molecule is CNC(Cc1cccc(F)c1Br)c1cc2sccc2s1.